The fourth-order valence-corrected chi connectivity index (χ4v) is 4.27. The van der Waals surface area contributed by atoms with E-state index in [1.165, 1.54) is 12.1 Å². The lowest BCUT2D eigenvalue weighted by molar-refractivity contribution is 0.0724. The number of halogens is 1. The van der Waals surface area contributed by atoms with Crippen LogP contribution >= 0.6 is 0 Å². The quantitative estimate of drug-likeness (QED) is 0.554. The third-order valence-corrected chi connectivity index (χ3v) is 5.60. The smallest absolute Gasteiger partial charge is 0.290 e. The zero-order valence-corrected chi connectivity index (χ0v) is 16.9. The Bertz CT molecular complexity index is 1150. The molecule has 0 radical (unpaired) electrons. The number of carbonyl (C=O) groups excluding carboxylic acids is 1. The molecular formula is C24H24FNO3. The van der Waals surface area contributed by atoms with Crippen molar-refractivity contribution in [3.63, 3.8) is 0 Å². The van der Waals surface area contributed by atoms with Crippen LogP contribution in [0.3, 0.4) is 0 Å². The van der Waals surface area contributed by atoms with Crippen LogP contribution in [-0.2, 0) is 0 Å². The summed E-state index contributed by atoms with van der Waals surface area (Å²) in [6.45, 7) is 6.43. The molecule has 2 aromatic carbocycles. The minimum Gasteiger partial charge on any atom is -0.450 e. The molecular weight excluding hydrogens is 369 g/mol. The van der Waals surface area contributed by atoms with E-state index in [4.69, 9.17) is 4.42 Å². The molecule has 0 aliphatic carbocycles. The van der Waals surface area contributed by atoms with Crippen LogP contribution < -0.4 is 5.43 Å². The predicted molar refractivity (Wildman–Crippen MR) is 111 cm³/mol. The molecule has 0 saturated carbocycles. The van der Waals surface area contributed by atoms with E-state index in [1.807, 2.05) is 19.9 Å². The normalized spacial score (nSPS) is 15.9. The van der Waals surface area contributed by atoms with Crippen molar-refractivity contribution in [3.05, 3.63) is 80.5 Å². The Labute approximate surface area is 169 Å². The Morgan fingerprint density at radius 3 is 2.48 bits per heavy atom. The molecule has 2 heterocycles. The van der Waals surface area contributed by atoms with E-state index >= 15 is 0 Å². The van der Waals surface area contributed by atoms with E-state index in [2.05, 4.69) is 6.92 Å². The van der Waals surface area contributed by atoms with Gasteiger partial charge < -0.3 is 9.32 Å². The second-order valence-corrected chi connectivity index (χ2v) is 7.79. The summed E-state index contributed by atoms with van der Waals surface area (Å²) in [4.78, 5) is 28.4. The zero-order chi connectivity index (χ0) is 20.7. The van der Waals surface area contributed by atoms with Crippen molar-refractivity contribution < 1.29 is 13.6 Å². The fraction of sp³-hybridized carbons (Fsp3) is 0.333. The van der Waals surface area contributed by atoms with Crippen molar-refractivity contribution in [2.45, 2.75) is 46.1 Å². The number of amides is 1. The van der Waals surface area contributed by atoms with Crippen LogP contribution in [0, 0.1) is 19.7 Å². The Morgan fingerprint density at radius 1 is 1.07 bits per heavy atom. The minimum atomic E-state index is -0.559. The van der Waals surface area contributed by atoms with Gasteiger partial charge in [0.05, 0.1) is 17.0 Å². The Hall–Kier alpha value is -2.95. The predicted octanol–water partition coefficient (Wildman–Crippen LogP) is 5.28. The van der Waals surface area contributed by atoms with Gasteiger partial charge in [-0.1, -0.05) is 38.0 Å². The van der Waals surface area contributed by atoms with Gasteiger partial charge in [0, 0.05) is 6.54 Å². The third kappa shape index (κ3) is 3.24. The fourth-order valence-electron chi connectivity index (χ4n) is 4.27. The average Bonchev–Trinajstić information content (AvgIpc) is 2.95. The highest BCUT2D eigenvalue weighted by molar-refractivity contribution is 5.99. The highest BCUT2D eigenvalue weighted by Gasteiger charge is 2.42. The van der Waals surface area contributed by atoms with E-state index in [0.717, 1.165) is 30.4 Å². The van der Waals surface area contributed by atoms with Gasteiger partial charge in [-0.25, -0.2) is 4.39 Å². The van der Waals surface area contributed by atoms with Crippen molar-refractivity contribution in [3.8, 4) is 0 Å². The summed E-state index contributed by atoms with van der Waals surface area (Å²) in [5, 5.41) is 0.504. The van der Waals surface area contributed by atoms with Crippen LogP contribution in [0.4, 0.5) is 4.39 Å². The number of carbonyl (C=O) groups is 1. The molecule has 1 unspecified atom stereocenters. The maximum absolute atomic E-state index is 13.5. The van der Waals surface area contributed by atoms with E-state index in [9.17, 15) is 14.0 Å². The molecule has 150 valence electrons. The van der Waals surface area contributed by atoms with Crippen LogP contribution in [-0.4, -0.2) is 17.4 Å². The van der Waals surface area contributed by atoms with Gasteiger partial charge in [-0.15, -0.1) is 0 Å². The van der Waals surface area contributed by atoms with Gasteiger partial charge in [-0.05, 0) is 55.2 Å². The molecule has 5 heteroatoms. The zero-order valence-electron chi connectivity index (χ0n) is 16.9. The minimum absolute atomic E-state index is 0.110. The number of benzene rings is 2. The second kappa shape index (κ2) is 7.47. The highest BCUT2D eigenvalue weighted by Crippen LogP contribution is 2.38. The van der Waals surface area contributed by atoms with E-state index < -0.39 is 6.04 Å². The molecule has 1 atom stereocenters. The standard InChI is InChI=1S/C24H24FNO3/c1-4-5-6-11-26-21(16-7-9-17(25)10-8-16)20-22(27)19-15(3)12-14(2)13-18(19)29-23(20)24(26)28/h7-10,12-13,21H,4-6,11H2,1-3H3. The first-order valence-corrected chi connectivity index (χ1v) is 10.1. The molecule has 1 amide bonds. The largest absolute Gasteiger partial charge is 0.450 e. The molecule has 29 heavy (non-hydrogen) atoms. The van der Waals surface area contributed by atoms with Gasteiger partial charge >= 0.3 is 0 Å². The van der Waals surface area contributed by atoms with E-state index in [0.29, 0.717) is 28.6 Å². The average molecular weight is 393 g/mol. The van der Waals surface area contributed by atoms with Gasteiger partial charge in [0.1, 0.15) is 11.4 Å². The Kier molecular flexibility index (Phi) is 4.99. The van der Waals surface area contributed by atoms with Crippen molar-refractivity contribution in [1.29, 1.82) is 0 Å². The molecule has 4 nitrogen and oxygen atoms in total. The van der Waals surface area contributed by atoms with Gasteiger partial charge in [-0.2, -0.15) is 0 Å². The molecule has 3 aromatic rings. The number of fused-ring (bicyclic) bond motifs is 2. The van der Waals surface area contributed by atoms with Crippen molar-refractivity contribution in [1.82, 2.24) is 4.90 Å². The van der Waals surface area contributed by atoms with E-state index in [1.54, 1.807) is 23.1 Å². The monoisotopic (exact) mass is 393 g/mol. The number of aryl methyl sites for hydroxylation is 2. The van der Waals surface area contributed by atoms with E-state index in [-0.39, 0.29) is 22.9 Å². The number of unbranched alkanes of at least 4 members (excludes halogenated alkanes) is 2. The molecule has 1 aromatic heterocycles. The molecule has 0 fully saturated rings. The second-order valence-electron chi connectivity index (χ2n) is 7.79. The lowest BCUT2D eigenvalue weighted by Gasteiger charge is -2.25. The molecule has 0 N–H and O–H groups in total. The molecule has 0 bridgehead atoms. The molecule has 0 spiro atoms. The summed E-state index contributed by atoms with van der Waals surface area (Å²) < 4.78 is 19.5. The number of hydrogen-bond acceptors (Lipinski definition) is 3. The summed E-state index contributed by atoms with van der Waals surface area (Å²) in [6.07, 6.45) is 2.84. The summed E-state index contributed by atoms with van der Waals surface area (Å²) in [5.41, 5.74) is 3.13. The van der Waals surface area contributed by atoms with Crippen LogP contribution in [0.2, 0.25) is 0 Å². The first kappa shape index (κ1) is 19.4. The first-order valence-electron chi connectivity index (χ1n) is 10.1. The Morgan fingerprint density at radius 2 is 1.79 bits per heavy atom. The lowest BCUT2D eigenvalue weighted by Crippen LogP contribution is -2.30. The van der Waals surface area contributed by atoms with Crippen molar-refractivity contribution in [2.75, 3.05) is 6.54 Å². The maximum atomic E-state index is 13.5. The molecule has 1 aliphatic heterocycles. The topological polar surface area (TPSA) is 50.5 Å². The van der Waals surface area contributed by atoms with Gasteiger partial charge in [-0.3, -0.25) is 9.59 Å². The van der Waals surface area contributed by atoms with Crippen LogP contribution in [0.15, 0.2) is 45.6 Å². The lowest BCUT2D eigenvalue weighted by atomic mass is 9.97. The molecule has 0 saturated heterocycles. The number of nitrogens with zero attached hydrogens (tertiary/aromatic N) is 1. The van der Waals surface area contributed by atoms with Crippen molar-refractivity contribution >= 4 is 16.9 Å². The maximum Gasteiger partial charge on any atom is 0.290 e. The summed E-state index contributed by atoms with van der Waals surface area (Å²) in [6, 6.07) is 9.18. The third-order valence-electron chi connectivity index (χ3n) is 5.60. The first-order chi connectivity index (χ1) is 13.9. The van der Waals surface area contributed by atoms with Crippen LogP contribution in [0.5, 0.6) is 0 Å². The van der Waals surface area contributed by atoms with Gasteiger partial charge in [0.15, 0.2) is 5.43 Å². The number of hydrogen-bond donors (Lipinski definition) is 0. The van der Waals surface area contributed by atoms with Crippen LogP contribution in [0.1, 0.15) is 65.0 Å². The summed E-state index contributed by atoms with van der Waals surface area (Å²) in [5.74, 6) is -0.519. The summed E-state index contributed by atoms with van der Waals surface area (Å²) in [7, 11) is 0. The Balaban J connectivity index is 1.95. The molecule has 1 aliphatic rings. The number of rotatable bonds is 5. The summed E-state index contributed by atoms with van der Waals surface area (Å²) >= 11 is 0. The van der Waals surface area contributed by atoms with Gasteiger partial charge in [0.2, 0.25) is 5.76 Å². The van der Waals surface area contributed by atoms with Crippen LogP contribution in [0.25, 0.3) is 11.0 Å². The molecule has 4 rings (SSSR count). The van der Waals surface area contributed by atoms with Gasteiger partial charge in [0.25, 0.3) is 5.91 Å². The SMILES string of the molecule is CCCCCN1C(=O)c2oc3cc(C)cc(C)c3c(=O)c2C1c1ccc(F)cc1. The highest BCUT2D eigenvalue weighted by atomic mass is 19.1. The van der Waals surface area contributed by atoms with Crippen molar-refractivity contribution in [2.24, 2.45) is 0 Å².